The van der Waals surface area contributed by atoms with Crippen molar-refractivity contribution in [2.24, 2.45) is 0 Å². The van der Waals surface area contributed by atoms with E-state index < -0.39 is 10.0 Å². The second kappa shape index (κ2) is 7.85. The number of carbonyl (C=O) groups is 1. The lowest BCUT2D eigenvalue weighted by atomic mass is 10.1. The van der Waals surface area contributed by atoms with E-state index in [-0.39, 0.29) is 17.3 Å². The third kappa shape index (κ3) is 5.46. The predicted molar refractivity (Wildman–Crippen MR) is 87.1 cm³/mol. The summed E-state index contributed by atoms with van der Waals surface area (Å²) >= 11 is 0. The Kier molecular flexibility index (Phi) is 5.84. The van der Waals surface area contributed by atoms with Crippen LogP contribution in [0.25, 0.3) is 0 Å². The van der Waals surface area contributed by atoms with E-state index in [1.54, 1.807) is 48.8 Å². The van der Waals surface area contributed by atoms with Gasteiger partial charge in [-0.15, -0.1) is 0 Å². The largest absolute Gasteiger partial charge is 0.356 e. The molecule has 122 valence electrons. The van der Waals surface area contributed by atoms with E-state index >= 15 is 0 Å². The summed E-state index contributed by atoms with van der Waals surface area (Å²) in [5, 5.41) is 2.70. The van der Waals surface area contributed by atoms with Crippen LogP contribution in [-0.4, -0.2) is 25.9 Å². The normalized spacial score (nSPS) is 11.2. The number of hydrogen-bond acceptors (Lipinski definition) is 4. The molecule has 0 atom stereocenters. The minimum atomic E-state index is -3.55. The van der Waals surface area contributed by atoms with Crippen LogP contribution in [0.4, 0.5) is 0 Å². The number of hydrogen-bond donors (Lipinski definition) is 2. The quantitative estimate of drug-likeness (QED) is 0.798. The van der Waals surface area contributed by atoms with Crippen LogP contribution in [0.15, 0.2) is 53.7 Å². The van der Waals surface area contributed by atoms with E-state index in [9.17, 15) is 13.2 Å². The summed E-state index contributed by atoms with van der Waals surface area (Å²) in [4.78, 5) is 14.9. The van der Waals surface area contributed by atoms with Gasteiger partial charge in [-0.25, -0.2) is 13.1 Å². The minimum Gasteiger partial charge on any atom is -0.356 e. The SMILES string of the molecule is CC(=O)NCCc1ccc(S(=O)(=O)NCc2ccncc2)cc1. The Balaban J connectivity index is 1.95. The molecule has 1 heterocycles. The maximum Gasteiger partial charge on any atom is 0.240 e. The Morgan fingerprint density at radius 2 is 1.70 bits per heavy atom. The molecule has 0 fully saturated rings. The van der Waals surface area contributed by atoms with Crippen LogP contribution < -0.4 is 10.0 Å². The summed E-state index contributed by atoms with van der Waals surface area (Å²) in [5.74, 6) is -0.0792. The van der Waals surface area contributed by atoms with Gasteiger partial charge in [-0.1, -0.05) is 12.1 Å². The average Bonchev–Trinajstić information content (AvgIpc) is 2.54. The van der Waals surface area contributed by atoms with Crippen LogP contribution in [0, 0.1) is 0 Å². The van der Waals surface area contributed by atoms with Gasteiger partial charge < -0.3 is 5.32 Å². The second-order valence-electron chi connectivity index (χ2n) is 5.06. The summed E-state index contributed by atoms with van der Waals surface area (Å²) in [6, 6.07) is 10.2. The van der Waals surface area contributed by atoms with Crippen molar-refractivity contribution < 1.29 is 13.2 Å². The molecule has 1 aromatic heterocycles. The van der Waals surface area contributed by atoms with Crippen LogP contribution in [0.1, 0.15) is 18.1 Å². The molecule has 0 spiro atoms. The van der Waals surface area contributed by atoms with Crippen molar-refractivity contribution in [3.05, 3.63) is 59.9 Å². The number of rotatable bonds is 7. The first-order chi connectivity index (χ1) is 11.0. The molecule has 23 heavy (non-hydrogen) atoms. The molecule has 0 bridgehead atoms. The van der Waals surface area contributed by atoms with Gasteiger partial charge in [0.1, 0.15) is 0 Å². The summed E-state index contributed by atoms with van der Waals surface area (Å²) in [7, 11) is -3.55. The maximum absolute atomic E-state index is 12.2. The molecule has 0 saturated heterocycles. The molecule has 1 aromatic carbocycles. The highest BCUT2D eigenvalue weighted by Crippen LogP contribution is 2.11. The molecule has 0 unspecified atom stereocenters. The summed E-state index contributed by atoms with van der Waals surface area (Å²) < 4.78 is 27.0. The number of nitrogens with one attached hydrogen (secondary N) is 2. The van der Waals surface area contributed by atoms with Gasteiger partial charge in [-0.05, 0) is 41.8 Å². The number of nitrogens with zero attached hydrogens (tertiary/aromatic N) is 1. The molecular formula is C16H19N3O3S. The molecule has 0 radical (unpaired) electrons. The van der Waals surface area contributed by atoms with Crippen molar-refractivity contribution in [3.63, 3.8) is 0 Å². The van der Waals surface area contributed by atoms with Crippen molar-refractivity contribution in [2.45, 2.75) is 24.8 Å². The van der Waals surface area contributed by atoms with Gasteiger partial charge >= 0.3 is 0 Å². The lowest BCUT2D eigenvalue weighted by Gasteiger charge is -2.08. The van der Waals surface area contributed by atoms with Gasteiger partial charge in [-0.3, -0.25) is 9.78 Å². The Bertz CT molecular complexity index is 744. The standard InChI is InChI=1S/C16H19N3O3S/c1-13(20)18-11-8-14-2-4-16(5-3-14)23(21,22)19-12-15-6-9-17-10-7-15/h2-7,9-10,19H,8,11-12H2,1H3,(H,18,20). The van der Waals surface area contributed by atoms with Crippen molar-refractivity contribution in [2.75, 3.05) is 6.54 Å². The van der Waals surface area contributed by atoms with Gasteiger partial charge in [0.05, 0.1) is 4.90 Å². The third-order valence-electron chi connectivity index (χ3n) is 3.24. The topological polar surface area (TPSA) is 88.2 Å². The fourth-order valence-electron chi connectivity index (χ4n) is 1.98. The van der Waals surface area contributed by atoms with Gasteiger partial charge in [-0.2, -0.15) is 0 Å². The highest BCUT2D eigenvalue weighted by atomic mass is 32.2. The summed E-state index contributed by atoms with van der Waals surface area (Å²) in [6.07, 6.45) is 3.89. The van der Waals surface area contributed by atoms with E-state index in [0.717, 1.165) is 11.1 Å². The monoisotopic (exact) mass is 333 g/mol. The van der Waals surface area contributed by atoms with Gasteiger partial charge in [0.15, 0.2) is 0 Å². The van der Waals surface area contributed by atoms with Crippen LogP contribution in [-0.2, 0) is 27.8 Å². The molecule has 6 nitrogen and oxygen atoms in total. The highest BCUT2D eigenvalue weighted by Gasteiger charge is 2.13. The van der Waals surface area contributed by atoms with E-state index in [1.807, 2.05) is 0 Å². The van der Waals surface area contributed by atoms with Gasteiger partial charge in [0.25, 0.3) is 0 Å². The molecule has 0 saturated carbocycles. The first kappa shape index (κ1) is 17.1. The number of amides is 1. The lowest BCUT2D eigenvalue weighted by molar-refractivity contribution is -0.118. The fourth-order valence-corrected chi connectivity index (χ4v) is 3.00. The van der Waals surface area contributed by atoms with Crippen molar-refractivity contribution >= 4 is 15.9 Å². The molecule has 1 amide bonds. The Hall–Kier alpha value is -2.25. The van der Waals surface area contributed by atoms with Crippen LogP contribution in [0.3, 0.4) is 0 Å². The molecule has 7 heteroatoms. The second-order valence-corrected chi connectivity index (χ2v) is 6.82. The summed E-state index contributed by atoms with van der Waals surface area (Å²) in [5.41, 5.74) is 1.81. The molecule has 0 aliphatic rings. The van der Waals surface area contributed by atoms with E-state index in [4.69, 9.17) is 0 Å². The smallest absolute Gasteiger partial charge is 0.240 e. The zero-order valence-electron chi connectivity index (χ0n) is 12.8. The lowest BCUT2D eigenvalue weighted by Crippen LogP contribution is -2.23. The number of sulfonamides is 1. The predicted octanol–water partition coefficient (Wildman–Crippen LogP) is 1.24. The number of benzene rings is 1. The van der Waals surface area contributed by atoms with Crippen LogP contribution in [0.2, 0.25) is 0 Å². The van der Waals surface area contributed by atoms with E-state index in [1.165, 1.54) is 6.92 Å². The molecular weight excluding hydrogens is 314 g/mol. The first-order valence-corrected chi connectivity index (χ1v) is 8.67. The Morgan fingerprint density at radius 3 is 2.30 bits per heavy atom. The fraction of sp³-hybridized carbons (Fsp3) is 0.250. The van der Waals surface area contributed by atoms with Crippen molar-refractivity contribution in [3.8, 4) is 0 Å². The average molecular weight is 333 g/mol. The van der Waals surface area contributed by atoms with Gasteiger partial charge in [0, 0.05) is 32.4 Å². The molecule has 0 aliphatic carbocycles. The zero-order chi connectivity index (χ0) is 16.7. The molecule has 0 aliphatic heterocycles. The number of aromatic nitrogens is 1. The van der Waals surface area contributed by atoms with Gasteiger partial charge in [0.2, 0.25) is 15.9 Å². The number of carbonyl (C=O) groups excluding carboxylic acids is 1. The van der Waals surface area contributed by atoms with Crippen LogP contribution in [0.5, 0.6) is 0 Å². The molecule has 2 N–H and O–H groups in total. The minimum absolute atomic E-state index is 0.0792. The van der Waals surface area contributed by atoms with Crippen LogP contribution >= 0.6 is 0 Å². The maximum atomic E-state index is 12.2. The van der Waals surface area contributed by atoms with Crippen molar-refractivity contribution in [1.29, 1.82) is 0 Å². The highest BCUT2D eigenvalue weighted by molar-refractivity contribution is 7.89. The summed E-state index contributed by atoms with van der Waals surface area (Å²) in [6.45, 7) is 2.21. The Labute approximate surface area is 136 Å². The molecule has 2 rings (SSSR count). The van der Waals surface area contributed by atoms with Crippen molar-refractivity contribution in [1.82, 2.24) is 15.0 Å². The number of pyridine rings is 1. The third-order valence-corrected chi connectivity index (χ3v) is 4.65. The van der Waals surface area contributed by atoms with E-state index in [0.29, 0.717) is 13.0 Å². The first-order valence-electron chi connectivity index (χ1n) is 7.19. The molecule has 2 aromatic rings. The Morgan fingerprint density at radius 1 is 1.04 bits per heavy atom. The zero-order valence-corrected chi connectivity index (χ0v) is 13.6. The van der Waals surface area contributed by atoms with E-state index in [2.05, 4.69) is 15.0 Å².